The lowest BCUT2D eigenvalue weighted by Crippen LogP contribution is -2.36. The third kappa shape index (κ3) is 5.46. The number of hydrogen-bond acceptors (Lipinski definition) is 3. The summed E-state index contributed by atoms with van der Waals surface area (Å²) in [7, 11) is 1.54. The maximum Gasteiger partial charge on any atom is 0.416 e. The molecule has 23 heavy (non-hydrogen) atoms. The first-order valence-electron chi connectivity index (χ1n) is 6.82. The van der Waals surface area contributed by atoms with Crippen molar-refractivity contribution in [2.45, 2.75) is 26.1 Å². The molecule has 2 amide bonds. The smallest absolute Gasteiger partial charge is 0.338 e. The molecule has 0 unspecified atom stereocenters. The summed E-state index contributed by atoms with van der Waals surface area (Å²) in [6.07, 6.45) is -2.72. The van der Waals surface area contributed by atoms with Gasteiger partial charge in [0.2, 0.25) is 5.91 Å². The van der Waals surface area contributed by atoms with Gasteiger partial charge in [-0.1, -0.05) is 0 Å². The molecule has 128 valence electrons. The molecule has 4 nitrogen and oxygen atoms in total. The second-order valence-electron chi connectivity index (χ2n) is 5.20. The number of nitrogens with zero attached hydrogens (tertiary/aromatic N) is 1. The van der Waals surface area contributed by atoms with Crippen LogP contribution < -0.4 is 5.32 Å². The van der Waals surface area contributed by atoms with E-state index in [0.717, 1.165) is 12.1 Å². The Kier molecular flexibility index (Phi) is 6.49. The lowest BCUT2D eigenvalue weighted by molar-refractivity contribution is -0.137. The summed E-state index contributed by atoms with van der Waals surface area (Å²) in [6, 6.07) is 2.73. The van der Waals surface area contributed by atoms with Crippen LogP contribution in [0.5, 0.6) is 0 Å². The Labute approximate surface area is 137 Å². The summed E-state index contributed by atoms with van der Waals surface area (Å²) >= 11 is 1.54. The molecule has 0 heterocycles. The van der Waals surface area contributed by atoms with Crippen LogP contribution in [0.25, 0.3) is 0 Å². The summed E-state index contributed by atoms with van der Waals surface area (Å²) in [5, 5.41) is 2.29. The van der Waals surface area contributed by atoms with E-state index in [9.17, 15) is 22.8 Å². The molecular formula is C15H19F3N2O2S. The minimum absolute atomic E-state index is 0.0541. The summed E-state index contributed by atoms with van der Waals surface area (Å²) in [5.74, 6) is -0.365. The molecule has 0 saturated heterocycles. The standard InChI is InChI=1S/C15H19F3N2O2S/c1-9(8-23-4)20(3)14(22)11-5-12(15(16,17)18)7-13(6-11)19-10(2)21/h5-7,9H,8H2,1-4H3,(H,19,21)/t9-/m1/s1. The maximum atomic E-state index is 13.0. The summed E-state index contributed by atoms with van der Waals surface area (Å²) in [5.41, 5.74) is -1.14. The lowest BCUT2D eigenvalue weighted by atomic mass is 10.1. The van der Waals surface area contributed by atoms with Crippen LogP contribution >= 0.6 is 11.8 Å². The van der Waals surface area contributed by atoms with Gasteiger partial charge in [0.1, 0.15) is 0 Å². The van der Waals surface area contributed by atoms with E-state index in [-0.39, 0.29) is 17.3 Å². The van der Waals surface area contributed by atoms with Gasteiger partial charge < -0.3 is 10.2 Å². The molecule has 0 aliphatic rings. The monoisotopic (exact) mass is 348 g/mol. The number of benzene rings is 1. The molecular weight excluding hydrogens is 329 g/mol. The fourth-order valence-electron chi connectivity index (χ4n) is 1.95. The van der Waals surface area contributed by atoms with Crippen molar-refractivity contribution in [2.75, 3.05) is 24.4 Å². The quantitative estimate of drug-likeness (QED) is 0.886. The van der Waals surface area contributed by atoms with Crippen LogP contribution in [0, 0.1) is 0 Å². The Morgan fingerprint density at radius 3 is 2.39 bits per heavy atom. The molecule has 0 bridgehead atoms. The number of hydrogen-bond donors (Lipinski definition) is 1. The SMILES string of the molecule is CSC[C@@H](C)N(C)C(=O)c1cc(NC(C)=O)cc(C(F)(F)F)c1. The average Bonchev–Trinajstić information content (AvgIpc) is 2.44. The summed E-state index contributed by atoms with van der Waals surface area (Å²) < 4.78 is 39.0. The largest absolute Gasteiger partial charge is 0.416 e. The molecule has 8 heteroatoms. The lowest BCUT2D eigenvalue weighted by Gasteiger charge is -2.25. The van der Waals surface area contributed by atoms with Gasteiger partial charge in [-0.05, 0) is 31.4 Å². The predicted octanol–water partition coefficient (Wildman–Crippen LogP) is 3.49. The van der Waals surface area contributed by atoms with Crippen molar-refractivity contribution < 1.29 is 22.8 Å². The normalized spacial score (nSPS) is 12.7. The second kappa shape index (κ2) is 7.72. The first-order chi connectivity index (χ1) is 10.6. The number of rotatable bonds is 5. The Hall–Kier alpha value is -1.70. The molecule has 0 aliphatic heterocycles. The number of anilines is 1. The van der Waals surface area contributed by atoms with E-state index in [1.54, 1.807) is 7.05 Å². The number of carbonyl (C=O) groups is 2. The minimum Gasteiger partial charge on any atom is -0.338 e. The van der Waals surface area contributed by atoms with Crippen LogP contribution in [0.4, 0.5) is 18.9 Å². The maximum absolute atomic E-state index is 13.0. The van der Waals surface area contributed by atoms with Gasteiger partial charge in [0, 0.05) is 37.0 Å². The Bertz CT molecular complexity index is 591. The highest BCUT2D eigenvalue weighted by molar-refractivity contribution is 7.98. The number of amides is 2. The first kappa shape index (κ1) is 19.3. The van der Waals surface area contributed by atoms with Crippen molar-refractivity contribution in [3.63, 3.8) is 0 Å². The highest BCUT2D eigenvalue weighted by atomic mass is 32.2. The van der Waals surface area contributed by atoms with Crippen molar-refractivity contribution in [1.82, 2.24) is 4.90 Å². The molecule has 0 fully saturated rings. The minimum atomic E-state index is -4.60. The van der Waals surface area contributed by atoms with Gasteiger partial charge in [0.15, 0.2) is 0 Å². The van der Waals surface area contributed by atoms with E-state index in [1.807, 2.05) is 13.2 Å². The van der Waals surface area contributed by atoms with E-state index in [4.69, 9.17) is 0 Å². The molecule has 0 aromatic heterocycles. The van der Waals surface area contributed by atoms with Gasteiger partial charge in [-0.15, -0.1) is 0 Å². The molecule has 1 N–H and O–H groups in total. The zero-order chi connectivity index (χ0) is 17.8. The van der Waals surface area contributed by atoms with E-state index >= 15 is 0 Å². The second-order valence-corrected chi connectivity index (χ2v) is 6.11. The zero-order valence-corrected chi connectivity index (χ0v) is 14.1. The van der Waals surface area contributed by atoms with Crippen LogP contribution in [-0.4, -0.2) is 41.8 Å². The van der Waals surface area contributed by atoms with Crippen LogP contribution in [0.3, 0.4) is 0 Å². The van der Waals surface area contributed by atoms with Gasteiger partial charge in [-0.25, -0.2) is 0 Å². The molecule has 0 radical (unpaired) electrons. The average molecular weight is 348 g/mol. The van der Waals surface area contributed by atoms with Crippen molar-refractivity contribution in [1.29, 1.82) is 0 Å². The molecule has 1 aromatic carbocycles. The number of nitrogens with one attached hydrogen (secondary N) is 1. The van der Waals surface area contributed by atoms with Crippen LogP contribution in [0.1, 0.15) is 29.8 Å². The van der Waals surface area contributed by atoms with Crippen molar-refractivity contribution in [2.24, 2.45) is 0 Å². The van der Waals surface area contributed by atoms with E-state index < -0.39 is 23.6 Å². The molecule has 1 atom stereocenters. The fourth-order valence-corrected chi connectivity index (χ4v) is 2.65. The molecule has 0 saturated carbocycles. The van der Waals surface area contributed by atoms with E-state index in [1.165, 1.54) is 29.7 Å². The Balaban J connectivity index is 3.23. The molecule has 1 rings (SSSR count). The third-order valence-corrected chi connectivity index (χ3v) is 4.03. The summed E-state index contributed by atoms with van der Waals surface area (Å²) in [4.78, 5) is 24.9. The topological polar surface area (TPSA) is 49.4 Å². The van der Waals surface area contributed by atoms with Crippen molar-refractivity contribution in [3.8, 4) is 0 Å². The van der Waals surface area contributed by atoms with Gasteiger partial charge in [0.25, 0.3) is 5.91 Å². The van der Waals surface area contributed by atoms with E-state index in [2.05, 4.69) is 5.32 Å². The molecule has 1 aromatic rings. The van der Waals surface area contributed by atoms with Crippen LogP contribution in [0.2, 0.25) is 0 Å². The fraction of sp³-hybridized carbons (Fsp3) is 0.467. The Morgan fingerprint density at radius 1 is 1.30 bits per heavy atom. The van der Waals surface area contributed by atoms with Gasteiger partial charge >= 0.3 is 6.18 Å². The van der Waals surface area contributed by atoms with E-state index in [0.29, 0.717) is 5.75 Å². The first-order valence-corrected chi connectivity index (χ1v) is 8.21. The van der Waals surface area contributed by atoms with Crippen molar-refractivity contribution in [3.05, 3.63) is 29.3 Å². The number of alkyl halides is 3. The number of thioether (sulfide) groups is 1. The van der Waals surface area contributed by atoms with Gasteiger partial charge in [-0.2, -0.15) is 24.9 Å². The Morgan fingerprint density at radius 2 is 1.91 bits per heavy atom. The summed E-state index contributed by atoms with van der Waals surface area (Å²) in [6.45, 7) is 3.01. The number of carbonyl (C=O) groups excluding carboxylic acids is 2. The van der Waals surface area contributed by atoms with Gasteiger partial charge in [0.05, 0.1) is 5.56 Å². The highest BCUT2D eigenvalue weighted by Crippen LogP contribution is 2.32. The van der Waals surface area contributed by atoms with Crippen LogP contribution in [0.15, 0.2) is 18.2 Å². The van der Waals surface area contributed by atoms with Gasteiger partial charge in [-0.3, -0.25) is 9.59 Å². The van der Waals surface area contributed by atoms with Crippen molar-refractivity contribution >= 4 is 29.3 Å². The molecule has 0 spiro atoms. The van der Waals surface area contributed by atoms with Crippen LogP contribution in [-0.2, 0) is 11.0 Å². The predicted molar refractivity (Wildman–Crippen MR) is 85.7 cm³/mol. The molecule has 0 aliphatic carbocycles. The number of halogens is 3. The zero-order valence-electron chi connectivity index (χ0n) is 13.3. The highest BCUT2D eigenvalue weighted by Gasteiger charge is 2.32. The third-order valence-electron chi connectivity index (χ3n) is 3.22.